The molecular weight excluding hydrogens is 404 g/mol. The number of carbonyl (C=O) groups is 2. The summed E-state index contributed by atoms with van der Waals surface area (Å²) in [6, 6.07) is 21.2. The number of carbonyl (C=O) groups excluding carboxylic acids is 2. The highest BCUT2D eigenvalue weighted by Crippen LogP contribution is 2.44. The van der Waals surface area contributed by atoms with E-state index in [9.17, 15) is 9.59 Å². The second-order valence-electron chi connectivity index (χ2n) is 8.20. The molecule has 1 aliphatic carbocycles. The topological polar surface area (TPSA) is 81.9 Å². The Morgan fingerprint density at radius 1 is 0.969 bits per heavy atom. The molecule has 6 heteroatoms. The summed E-state index contributed by atoms with van der Waals surface area (Å²) in [5, 5.41) is 0. The average molecular weight is 428 g/mol. The van der Waals surface area contributed by atoms with E-state index in [0.29, 0.717) is 12.1 Å². The van der Waals surface area contributed by atoms with Gasteiger partial charge < -0.3 is 15.2 Å². The van der Waals surface area contributed by atoms with Gasteiger partial charge in [-0.25, -0.2) is 9.59 Å². The number of nitrogen functional groups attached to an aromatic ring is 1. The van der Waals surface area contributed by atoms with Crippen molar-refractivity contribution in [1.82, 2.24) is 4.90 Å². The molecule has 2 aliphatic rings. The number of hydrogen-bond acceptors (Lipinski definition) is 5. The lowest BCUT2D eigenvalue weighted by Crippen LogP contribution is -2.49. The molecule has 1 amide bonds. The van der Waals surface area contributed by atoms with Gasteiger partial charge in [-0.15, -0.1) is 0 Å². The molecule has 3 aromatic rings. The number of amides is 1. The smallest absolute Gasteiger partial charge is 0.410 e. The van der Waals surface area contributed by atoms with Crippen molar-refractivity contribution in [2.24, 2.45) is 0 Å². The molecule has 1 atom stereocenters. The lowest BCUT2D eigenvalue weighted by atomic mass is 9.93. The molecule has 0 saturated carbocycles. The summed E-state index contributed by atoms with van der Waals surface area (Å²) >= 11 is 0. The fourth-order valence-electron chi connectivity index (χ4n) is 4.82. The zero-order valence-corrected chi connectivity index (χ0v) is 17.8. The number of esters is 1. The molecule has 0 spiro atoms. The number of ether oxygens (including phenoxy) is 2. The van der Waals surface area contributed by atoms with E-state index in [1.165, 1.54) is 23.1 Å². The van der Waals surface area contributed by atoms with Crippen LogP contribution in [0.25, 0.3) is 11.1 Å². The maximum Gasteiger partial charge on any atom is 0.410 e. The number of rotatable bonds is 3. The lowest BCUT2D eigenvalue weighted by molar-refractivity contribution is -0.147. The second-order valence-corrected chi connectivity index (χ2v) is 8.20. The van der Waals surface area contributed by atoms with Crippen LogP contribution < -0.4 is 5.73 Å². The number of methoxy groups -OCH3 is 1. The Bertz CT molecular complexity index is 1160. The van der Waals surface area contributed by atoms with E-state index in [-0.39, 0.29) is 19.1 Å². The van der Waals surface area contributed by atoms with Crippen LogP contribution in [0.1, 0.15) is 28.2 Å². The first-order valence-electron chi connectivity index (χ1n) is 10.6. The minimum absolute atomic E-state index is 0.0419. The van der Waals surface area contributed by atoms with E-state index in [1.54, 1.807) is 6.07 Å². The van der Waals surface area contributed by atoms with Gasteiger partial charge in [0.05, 0.1) is 13.7 Å². The first-order valence-corrected chi connectivity index (χ1v) is 10.6. The monoisotopic (exact) mass is 428 g/mol. The highest BCUT2D eigenvalue weighted by atomic mass is 16.6. The molecule has 0 aromatic heterocycles. The van der Waals surface area contributed by atoms with Gasteiger partial charge in [0.2, 0.25) is 0 Å². The van der Waals surface area contributed by atoms with Crippen molar-refractivity contribution in [3.8, 4) is 11.1 Å². The third-order valence-electron chi connectivity index (χ3n) is 6.40. The number of benzene rings is 3. The van der Waals surface area contributed by atoms with Gasteiger partial charge in [-0.2, -0.15) is 0 Å². The van der Waals surface area contributed by atoms with Crippen LogP contribution in [0.15, 0.2) is 66.7 Å². The van der Waals surface area contributed by atoms with Crippen molar-refractivity contribution >= 4 is 17.7 Å². The van der Waals surface area contributed by atoms with E-state index in [2.05, 4.69) is 24.3 Å². The molecule has 6 nitrogen and oxygen atoms in total. The van der Waals surface area contributed by atoms with Crippen LogP contribution in [-0.4, -0.2) is 36.7 Å². The molecule has 1 heterocycles. The largest absolute Gasteiger partial charge is 0.467 e. The Labute approximate surface area is 186 Å². The Balaban J connectivity index is 1.38. The lowest BCUT2D eigenvalue weighted by Gasteiger charge is -2.34. The Morgan fingerprint density at radius 3 is 2.28 bits per heavy atom. The number of nitrogens with two attached hydrogens (primary N) is 1. The van der Waals surface area contributed by atoms with Crippen molar-refractivity contribution < 1.29 is 19.1 Å². The minimum Gasteiger partial charge on any atom is -0.467 e. The molecule has 0 radical (unpaired) electrons. The second kappa shape index (κ2) is 8.04. The summed E-state index contributed by atoms with van der Waals surface area (Å²) in [6.07, 6.45) is -0.179. The van der Waals surface area contributed by atoms with E-state index in [1.807, 2.05) is 36.4 Å². The third-order valence-corrected chi connectivity index (χ3v) is 6.40. The Kier molecular flexibility index (Phi) is 5.05. The number of fused-ring (bicyclic) bond motifs is 4. The molecule has 162 valence electrons. The van der Waals surface area contributed by atoms with Crippen molar-refractivity contribution in [2.45, 2.75) is 24.9 Å². The van der Waals surface area contributed by atoms with Gasteiger partial charge >= 0.3 is 12.1 Å². The molecule has 1 aliphatic heterocycles. The predicted molar refractivity (Wildman–Crippen MR) is 121 cm³/mol. The highest BCUT2D eigenvalue weighted by molar-refractivity contribution is 5.83. The van der Waals surface area contributed by atoms with Crippen LogP contribution in [0.4, 0.5) is 10.5 Å². The summed E-state index contributed by atoms with van der Waals surface area (Å²) in [5.41, 5.74) is 13.1. The summed E-state index contributed by atoms with van der Waals surface area (Å²) in [6.45, 7) is 0.470. The number of hydrogen-bond donors (Lipinski definition) is 1. The maximum atomic E-state index is 13.2. The van der Waals surface area contributed by atoms with Gasteiger partial charge in [-0.05, 0) is 45.5 Å². The summed E-state index contributed by atoms with van der Waals surface area (Å²) in [7, 11) is 1.33. The van der Waals surface area contributed by atoms with Crippen molar-refractivity contribution in [3.05, 3.63) is 89.0 Å². The van der Waals surface area contributed by atoms with Crippen LogP contribution >= 0.6 is 0 Å². The molecule has 3 aromatic carbocycles. The van der Waals surface area contributed by atoms with Gasteiger partial charge in [0, 0.05) is 18.0 Å². The fourth-order valence-corrected chi connectivity index (χ4v) is 4.82. The van der Waals surface area contributed by atoms with Crippen LogP contribution in [0.2, 0.25) is 0 Å². The first-order chi connectivity index (χ1) is 15.6. The summed E-state index contributed by atoms with van der Waals surface area (Å²) in [4.78, 5) is 27.1. The third kappa shape index (κ3) is 3.38. The average Bonchev–Trinajstić information content (AvgIpc) is 3.15. The molecule has 0 bridgehead atoms. The molecule has 5 rings (SSSR count). The quantitative estimate of drug-likeness (QED) is 0.501. The summed E-state index contributed by atoms with van der Waals surface area (Å²) < 4.78 is 10.8. The summed E-state index contributed by atoms with van der Waals surface area (Å²) in [5.74, 6) is -0.508. The number of anilines is 1. The normalized spacial score (nSPS) is 16.7. The van der Waals surface area contributed by atoms with Crippen molar-refractivity contribution in [1.29, 1.82) is 0 Å². The maximum absolute atomic E-state index is 13.2. The van der Waals surface area contributed by atoms with Crippen LogP contribution in [0.3, 0.4) is 0 Å². The van der Waals surface area contributed by atoms with Gasteiger partial charge in [-0.3, -0.25) is 4.90 Å². The fraction of sp³-hybridized carbons (Fsp3) is 0.231. The van der Waals surface area contributed by atoms with Crippen molar-refractivity contribution in [2.75, 3.05) is 19.5 Å². The predicted octanol–water partition coefficient (Wildman–Crippen LogP) is 4.12. The molecule has 0 fully saturated rings. The van der Waals surface area contributed by atoms with E-state index in [4.69, 9.17) is 15.2 Å². The van der Waals surface area contributed by atoms with Crippen molar-refractivity contribution in [3.63, 3.8) is 0 Å². The van der Waals surface area contributed by atoms with E-state index in [0.717, 1.165) is 22.3 Å². The molecule has 2 N–H and O–H groups in total. The Hall–Kier alpha value is -3.80. The van der Waals surface area contributed by atoms with E-state index >= 15 is 0 Å². The molecule has 1 unspecified atom stereocenters. The van der Waals surface area contributed by atoms with Gasteiger partial charge in [0.15, 0.2) is 0 Å². The standard InChI is InChI=1S/C26H24N2O4/c1-31-25(29)24-13-17-12-18(27)11-10-16(17)14-28(24)26(30)32-15-23-21-8-4-2-6-19(21)20-7-3-5-9-22(20)23/h2-12,23-24H,13-15,27H2,1H3. The first kappa shape index (κ1) is 20.1. The van der Waals surface area contributed by atoms with Crippen LogP contribution in [0.5, 0.6) is 0 Å². The van der Waals surface area contributed by atoms with Crippen LogP contribution in [-0.2, 0) is 27.2 Å². The molecule has 32 heavy (non-hydrogen) atoms. The van der Waals surface area contributed by atoms with Gasteiger partial charge in [0.25, 0.3) is 0 Å². The zero-order valence-electron chi connectivity index (χ0n) is 17.8. The number of nitrogens with zero attached hydrogens (tertiary/aromatic N) is 1. The Morgan fingerprint density at radius 2 is 1.62 bits per heavy atom. The zero-order chi connectivity index (χ0) is 22.2. The highest BCUT2D eigenvalue weighted by Gasteiger charge is 2.37. The van der Waals surface area contributed by atoms with Gasteiger partial charge in [-0.1, -0.05) is 54.6 Å². The molecule has 0 saturated heterocycles. The van der Waals surface area contributed by atoms with Gasteiger partial charge in [0.1, 0.15) is 12.6 Å². The SMILES string of the molecule is COC(=O)C1Cc2cc(N)ccc2CN1C(=O)OCC1c2ccccc2-c2ccccc21. The van der Waals surface area contributed by atoms with Crippen LogP contribution in [0, 0.1) is 0 Å². The van der Waals surface area contributed by atoms with E-state index < -0.39 is 18.1 Å². The molecular formula is C26H24N2O4. The minimum atomic E-state index is -0.745.